The molecule has 0 unspecified atom stereocenters. The zero-order valence-corrected chi connectivity index (χ0v) is 13.4. The summed E-state index contributed by atoms with van der Waals surface area (Å²) < 4.78 is 0. The lowest BCUT2D eigenvalue weighted by Gasteiger charge is -1.97. The fraction of sp³-hybridized carbons (Fsp3) is 0.111. The number of benzene rings is 2. The van der Waals surface area contributed by atoms with Gasteiger partial charge in [0.25, 0.3) is 0 Å². The van der Waals surface area contributed by atoms with Gasteiger partial charge in [0.05, 0.1) is 11.9 Å². The van der Waals surface area contributed by atoms with Gasteiger partial charge in [-0.25, -0.2) is 4.98 Å². The van der Waals surface area contributed by atoms with Crippen LogP contribution in [0.25, 0.3) is 11.3 Å². The maximum absolute atomic E-state index is 4.62. The lowest BCUT2D eigenvalue weighted by atomic mass is 10.1. The summed E-state index contributed by atoms with van der Waals surface area (Å²) in [5, 5.41) is 5.07. The number of rotatable bonds is 4. The van der Waals surface area contributed by atoms with Crippen molar-refractivity contribution in [2.75, 3.05) is 5.43 Å². The summed E-state index contributed by atoms with van der Waals surface area (Å²) in [6, 6.07) is 18.4. The largest absolute Gasteiger partial charge is 0.253 e. The van der Waals surface area contributed by atoms with Gasteiger partial charge in [-0.05, 0) is 19.4 Å². The van der Waals surface area contributed by atoms with Crippen molar-refractivity contribution in [3.05, 3.63) is 70.6 Å². The molecule has 110 valence electrons. The van der Waals surface area contributed by atoms with Crippen molar-refractivity contribution >= 4 is 22.7 Å². The summed E-state index contributed by atoms with van der Waals surface area (Å²) in [6.07, 6.45) is 1.80. The molecule has 2 aromatic carbocycles. The van der Waals surface area contributed by atoms with Crippen molar-refractivity contribution in [2.45, 2.75) is 13.8 Å². The molecular weight excluding hydrogens is 290 g/mol. The topological polar surface area (TPSA) is 37.3 Å². The number of thiazole rings is 1. The minimum atomic E-state index is 0.805. The number of aromatic nitrogens is 1. The number of hydrazone groups is 1. The predicted octanol–water partition coefficient (Wildman–Crippen LogP) is 4.87. The van der Waals surface area contributed by atoms with E-state index in [0.29, 0.717) is 0 Å². The zero-order valence-electron chi connectivity index (χ0n) is 12.6. The molecule has 0 amide bonds. The molecule has 0 aliphatic rings. The Morgan fingerprint density at radius 1 is 1.00 bits per heavy atom. The molecule has 0 fully saturated rings. The van der Waals surface area contributed by atoms with Gasteiger partial charge in [-0.3, -0.25) is 5.43 Å². The number of nitrogens with one attached hydrogen (secondary N) is 1. The van der Waals surface area contributed by atoms with Crippen molar-refractivity contribution in [2.24, 2.45) is 5.10 Å². The van der Waals surface area contributed by atoms with Gasteiger partial charge in [0.15, 0.2) is 0 Å². The maximum Gasteiger partial charge on any atom is 0.204 e. The molecule has 1 aromatic heterocycles. The van der Waals surface area contributed by atoms with Crippen LogP contribution in [-0.4, -0.2) is 11.2 Å². The average Bonchev–Trinajstić information content (AvgIpc) is 2.91. The van der Waals surface area contributed by atoms with Crippen LogP contribution in [0.1, 0.15) is 16.0 Å². The minimum absolute atomic E-state index is 0.805. The highest BCUT2D eigenvalue weighted by atomic mass is 32.1. The molecule has 3 rings (SSSR count). The molecule has 0 spiro atoms. The Morgan fingerprint density at radius 3 is 2.45 bits per heavy atom. The van der Waals surface area contributed by atoms with Crippen molar-refractivity contribution in [1.82, 2.24) is 4.98 Å². The van der Waals surface area contributed by atoms with Crippen LogP contribution >= 0.6 is 11.3 Å². The molecule has 0 aliphatic heterocycles. The second-order valence-corrected chi connectivity index (χ2v) is 6.27. The Morgan fingerprint density at radius 2 is 1.73 bits per heavy atom. The second-order valence-electron chi connectivity index (χ2n) is 5.07. The first-order chi connectivity index (χ1) is 10.7. The van der Waals surface area contributed by atoms with E-state index < -0.39 is 0 Å². The highest BCUT2D eigenvalue weighted by Gasteiger charge is 2.08. The Kier molecular flexibility index (Phi) is 4.30. The molecule has 0 aliphatic carbocycles. The number of hydrogen-bond donors (Lipinski definition) is 1. The van der Waals surface area contributed by atoms with Crippen LogP contribution in [0.15, 0.2) is 59.7 Å². The average molecular weight is 307 g/mol. The fourth-order valence-electron chi connectivity index (χ4n) is 2.12. The molecule has 0 radical (unpaired) electrons. The van der Waals surface area contributed by atoms with E-state index in [1.165, 1.54) is 10.4 Å². The number of anilines is 1. The summed E-state index contributed by atoms with van der Waals surface area (Å²) in [6.45, 7) is 4.15. The SMILES string of the molecule is Cc1ccc(/C=N/Nc2nc(-c3ccccc3)c(C)s2)cc1. The Hall–Kier alpha value is -2.46. The molecule has 0 saturated carbocycles. The van der Waals surface area contributed by atoms with Gasteiger partial charge >= 0.3 is 0 Å². The predicted molar refractivity (Wildman–Crippen MR) is 94.7 cm³/mol. The lowest BCUT2D eigenvalue weighted by Crippen LogP contribution is -1.90. The third-order valence-electron chi connectivity index (χ3n) is 3.29. The summed E-state index contributed by atoms with van der Waals surface area (Å²) in [4.78, 5) is 5.80. The van der Waals surface area contributed by atoms with E-state index in [4.69, 9.17) is 0 Å². The molecule has 1 N–H and O–H groups in total. The second kappa shape index (κ2) is 6.54. The highest BCUT2D eigenvalue weighted by Crippen LogP contribution is 2.30. The van der Waals surface area contributed by atoms with Gasteiger partial charge in [-0.2, -0.15) is 5.10 Å². The van der Waals surface area contributed by atoms with E-state index in [0.717, 1.165) is 22.0 Å². The monoisotopic (exact) mass is 307 g/mol. The van der Waals surface area contributed by atoms with Crippen molar-refractivity contribution in [1.29, 1.82) is 0 Å². The minimum Gasteiger partial charge on any atom is -0.253 e. The van der Waals surface area contributed by atoms with Crippen molar-refractivity contribution in [3.63, 3.8) is 0 Å². The standard InChI is InChI=1S/C18H17N3S/c1-13-8-10-15(11-9-13)12-19-21-18-20-17(14(2)22-18)16-6-4-3-5-7-16/h3-12H,1-2H3,(H,20,21)/b19-12+. The number of aryl methyl sites for hydroxylation is 2. The smallest absolute Gasteiger partial charge is 0.204 e. The molecule has 0 atom stereocenters. The first kappa shape index (κ1) is 14.5. The van der Waals surface area contributed by atoms with Crippen LogP contribution in [0.3, 0.4) is 0 Å². The Labute approximate surface area is 134 Å². The third-order valence-corrected chi connectivity index (χ3v) is 4.17. The van der Waals surface area contributed by atoms with Crippen LogP contribution in [0.2, 0.25) is 0 Å². The fourth-order valence-corrected chi connectivity index (χ4v) is 2.91. The Bertz CT molecular complexity index is 774. The normalized spacial score (nSPS) is 11.0. The summed E-state index contributed by atoms with van der Waals surface area (Å²) >= 11 is 1.61. The number of hydrogen-bond acceptors (Lipinski definition) is 4. The van der Waals surface area contributed by atoms with Crippen LogP contribution in [-0.2, 0) is 0 Å². The van der Waals surface area contributed by atoms with E-state index >= 15 is 0 Å². The number of nitrogens with zero attached hydrogens (tertiary/aromatic N) is 2. The first-order valence-corrected chi connectivity index (χ1v) is 7.92. The molecule has 0 saturated heterocycles. The first-order valence-electron chi connectivity index (χ1n) is 7.11. The van der Waals surface area contributed by atoms with E-state index in [1.807, 2.05) is 30.3 Å². The van der Waals surface area contributed by atoms with Gasteiger partial charge in [-0.15, -0.1) is 11.3 Å². The van der Waals surface area contributed by atoms with Crippen LogP contribution in [0.4, 0.5) is 5.13 Å². The van der Waals surface area contributed by atoms with Crippen LogP contribution < -0.4 is 5.43 Å². The van der Waals surface area contributed by atoms with Crippen LogP contribution in [0.5, 0.6) is 0 Å². The van der Waals surface area contributed by atoms with Gasteiger partial charge in [0, 0.05) is 10.4 Å². The van der Waals surface area contributed by atoms with E-state index in [1.54, 1.807) is 17.6 Å². The summed E-state index contributed by atoms with van der Waals surface area (Å²) in [5.74, 6) is 0. The lowest BCUT2D eigenvalue weighted by molar-refractivity contribution is 1.28. The quantitative estimate of drug-likeness (QED) is 0.551. The van der Waals surface area contributed by atoms with Gasteiger partial charge in [-0.1, -0.05) is 60.2 Å². The zero-order chi connectivity index (χ0) is 15.4. The molecule has 4 heteroatoms. The van der Waals surface area contributed by atoms with E-state index in [-0.39, 0.29) is 0 Å². The molecular formula is C18H17N3S. The van der Waals surface area contributed by atoms with E-state index in [2.05, 4.69) is 53.6 Å². The maximum atomic E-state index is 4.62. The molecule has 3 nitrogen and oxygen atoms in total. The summed E-state index contributed by atoms with van der Waals surface area (Å²) in [7, 11) is 0. The molecule has 22 heavy (non-hydrogen) atoms. The molecule has 0 bridgehead atoms. The Balaban J connectivity index is 1.73. The van der Waals surface area contributed by atoms with Gasteiger partial charge in [0.2, 0.25) is 5.13 Å². The van der Waals surface area contributed by atoms with Crippen molar-refractivity contribution < 1.29 is 0 Å². The summed E-state index contributed by atoms with van der Waals surface area (Å²) in [5.41, 5.74) is 7.47. The van der Waals surface area contributed by atoms with Crippen LogP contribution in [0, 0.1) is 13.8 Å². The van der Waals surface area contributed by atoms with E-state index in [9.17, 15) is 0 Å². The van der Waals surface area contributed by atoms with Gasteiger partial charge in [0.1, 0.15) is 0 Å². The highest BCUT2D eigenvalue weighted by molar-refractivity contribution is 7.15. The third kappa shape index (κ3) is 3.40. The molecule has 3 aromatic rings. The van der Waals surface area contributed by atoms with Crippen molar-refractivity contribution in [3.8, 4) is 11.3 Å². The van der Waals surface area contributed by atoms with Gasteiger partial charge < -0.3 is 0 Å². The molecule has 1 heterocycles.